The van der Waals surface area contributed by atoms with Crippen molar-refractivity contribution in [3.8, 4) is 0 Å². The lowest BCUT2D eigenvalue weighted by Gasteiger charge is -2.26. The van der Waals surface area contributed by atoms with E-state index >= 15 is 0 Å². The van der Waals surface area contributed by atoms with Crippen LogP contribution in [0.4, 0.5) is 0 Å². The van der Waals surface area contributed by atoms with Gasteiger partial charge in [-0.3, -0.25) is 9.59 Å². The minimum absolute atomic E-state index is 0.00928. The van der Waals surface area contributed by atoms with Gasteiger partial charge in [0.15, 0.2) is 0 Å². The summed E-state index contributed by atoms with van der Waals surface area (Å²) < 4.78 is 5.15. The molecule has 3 aliphatic rings. The molecule has 6 heteroatoms. The second-order valence-electron chi connectivity index (χ2n) is 6.73. The molecule has 0 aromatic carbocycles. The molecule has 0 radical (unpaired) electrons. The van der Waals surface area contributed by atoms with Crippen LogP contribution in [0.3, 0.4) is 0 Å². The third-order valence-corrected chi connectivity index (χ3v) is 5.02. The van der Waals surface area contributed by atoms with Gasteiger partial charge in [-0.2, -0.15) is 0 Å². The molecule has 2 saturated heterocycles. The van der Waals surface area contributed by atoms with Crippen molar-refractivity contribution in [3.63, 3.8) is 0 Å². The Kier molecular flexibility index (Phi) is 3.20. The molecule has 0 bridgehead atoms. The molecule has 2 amide bonds. The van der Waals surface area contributed by atoms with E-state index in [0.717, 1.165) is 43.7 Å². The molecule has 0 spiro atoms. The Morgan fingerprint density at radius 3 is 2.86 bits per heavy atom. The third-order valence-electron chi connectivity index (χ3n) is 5.02. The Balaban J connectivity index is 1.48. The lowest BCUT2D eigenvalue weighted by molar-refractivity contribution is -0.136. The highest BCUT2D eigenvalue weighted by Crippen LogP contribution is 2.37. The molecule has 3 fully saturated rings. The predicted molar refractivity (Wildman–Crippen MR) is 77.8 cm³/mol. The number of rotatable bonds is 3. The summed E-state index contributed by atoms with van der Waals surface area (Å²) in [4.78, 5) is 28.7. The van der Waals surface area contributed by atoms with E-state index in [-0.39, 0.29) is 23.8 Å². The molecule has 0 N–H and O–H groups in total. The molecule has 118 valence electrons. The fourth-order valence-electron chi connectivity index (χ4n) is 3.75. The van der Waals surface area contributed by atoms with Crippen LogP contribution in [-0.4, -0.2) is 45.9 Å². The van der Waals surface area contributed by atoms with E-state index in [1.165, 1.54) is 0 Å². The fraction of sp³-hybridized carbons (Fsp3) is 0.688. The zero-order chi connectivity index (χ0) is 15.3. The van der Waals surface area contributed by atoms with Crippen LogP contribution < -0.4 is 0 Å². The first-order chi connectivity index (χ1) is 10.6. The highest BCUT2D eigenvalue weighted by molar-refractivity contribution is 5.89. The summed E-state index contributed by atoms with van der Waals surface area (Å²) in [6.07, 6.45) is 4.46. The topological polar surface area (TPSA) is 66.7 Å². The van der Waals surface area contributed by atoms with Gasteiger partial charge in [0.25, 0.3) is 0 Å². The van der Waals surface area contributed by atoms with Gasteiger partial charge in [0, 0.05) is 31.6 Å². The summed E-state index contributed by atoms with van der Waals surface area (Å²) in [5, 5.41) is 4.08. The molecule has 22 heavy (non-hydrogen) atoms. The Morgan fingerprint density at radius 2 is 2.18 bits per heavy atom. The molecule has 2 aliphatic heterocycles. The summed E-state index contributed by atoms with van der Waals surface area (Å²) in [5.41, 5.74) is 0.840. The van der Waals surface area contributed by atoms with E-state index in [1.807, 2.05) is 22.8 Å². The van der Waals surface area contributed by atoms with Crippen molar-refractivity contribution in [2.75, 3.05) is 13.1 Å². The maximum absolute atomic E-state index is 12.9. The van der Waals surface area contributed by atoms with Gasteiger partial charge >= 0.3 is 0 Å². The van der Waals surface area contributed by atoms with E-state index in [9.17, 15) is 9.59 Å². The molecule has 0 unspecified atom stereocenters. The summed E-state index contributed by atoms with van der Waals surface area (Å²) >= 11 is 0. The van der Waals surface area contributed by atoms with Crippen molar-refractivity contribution in [2.24, 2.45) is 5.92 Å². The Hall–Kier alpha value is -1.85. The van der Waals surface area contributed by atoms with Gasteiger partial charge in [-0.15, -0.1) is 0 Å². The highest BCUT2D eigenvalue weighted by atomic mass is 16.5. The number of hydrogen-bond donors (Lipinski definition) is 0. The van der Waals surface area contributed by atoms with E-state index in [0.29, 0.717) is 19.0 Å². The molecule has 1 saturated carbocycles. The molecule has 1 aliphatic carbocycles. The monoisotopic (exact) mass is 303 g/mol. The minimum atomic E-state index is -0.179. The minimum Gasteiger partial charge on any atom is -0.361 e. The van der Waals surface area contributed by atoms with Crippen LogP contribution in [0.15, 0.2) is 10.6 Å². The first-order valence-electron chi connectivity index (χ1n) is 8.16. The zero-order valence-corrected chi connectivity index (χ0v) is 12.8. The summed E-state index contributed by atoms with van der Waals surface area (Å²) in [5.74, 6) is 0.848. The molecule has 4 rings (SSSR count). The molecule has 1 aromatic rings. The Morgan fingerprint density at radius 1 is 1.36 bits per heavy atom. The van der Waals surface area contributed by atoms with Crippen molar-refractivity contribution in [3.05, 3.63) is 17.5 Å². The largest absolute Gasteiger partial charge is 0.361 e. The van der Waals surface area contributed by atoms with Crippen molar-refractivity contribution < 1.29 is 14.1 Å². The molecular formula is C16H21N3O3. The third kappa shape index (κ3) is 2.30. The summed E-state index contributed by atoms with van der Waals surface area (Å²) in [7, 11) is 0. The van der Waals surface area contributed by atoms with Gasteiger partial charge in [-0.1, -0.05) is 5.16 Å². The maximum atomic E-state index is 12.9. The number of carbonyl (C=O) groups is 2. The highest BCUT2D eigenvalue weighted by Gasteiger charge is 2.44. The number of carbonyl (C=O) groups excluding carboxylic acids is 2. The van der Waals surface area contributed by atoms with E-state index < -0.39 is 0 Å². The lowest BCUT2D eigenvalue weighted by Crippen LogP contribution is -2.37. The SMILES string of the molecule is Cc1cc([C@H]2CCCN2C(=O)[C@@H]2CC(=O)N(C3CC3)C2)no1. The van der Waals surface area contributed by atoms with Gasteiger partial charge in [0.05, 0.1) is 12.0 Å². The first-order valence-corrected chi connectivity index (χ1v) is 8.16. The molecule has 6 nitrogen and oxygen atoms in total. The second kappa shape index (κ2) is 5.11. The number of aromatic nitrogens is 1. The van der Waals surface area contributed by atoms with Crippen LogP contribution >= 0.6 is 0 Å². The number of hydrogen-bond acceptors (Lipinski definition) is 4. The molecule has 2 atom stereocenters. The van der Waals surface area contributed by atoms with Crippen LogP contribution in [-0.2, 0) is 9.59 Å². The number of likely N-dealkylation sites (tertiary alicyclic amines) is 2. The van der Waals surface area contributed by atoms with Crippen LogP contribution in [0.1, 0.15) is 49.6 Å². The van der Waals surface area contributed by atoms with Gasteiger partial charge in [0.1, 0.15) is 11.5 Å². The molecule has 3 heterocycles. The van der Waals surface area contributed by atoms with Gasteiger partial charge in [-0.25, -0.2) is 0 Å². The average molecular weight is 303 g/mol. The summed E-state index contributed by atoms with van der Waals surface area (Å²) in [6, 6.07) is 2.32. The number of amides is 2. The fourth-order valence-corrected chi connectivity index (χ4v) is 3.75. The van der Waals surface area contributed by atoms with Crippen molar-refractivity contribution >= 4 is 11.8 Å². The number of nitrogens with zero attached hydrogens (tertiary/aromatic N) is 3. The average Bonchev–Trinajstić information content (AvgIpc) is 2.90. The zero-order valence-electron chi connectivity index (χ0n) is 12.8. The van der Waals surface area contributed by atoms with E-state index in [1.54, 1.807) is 0 Å². The van der Waals surface area contributed by atoms with E-state index in [2.05, 4.69) is 5.16 Å². The maximum Gasteiger partial charge on any atom is 0.228 e. The van der Waals surface area contributed by atoms with Crippen LogP contribution in [0.2, 0.25) is 0 Å². The smallest absolute Gasteiger partial charge is 0.228 e. The normalized spacial score (nSPS) is 28.7. The van der Waals surface area contributed by atoms with Gasteiger partial charge in [0.2, 0.25) is 11.8 Å². The second-order valence-corrected chi connectivity index (χ2v) is 6.73. The van der Waals surface area contributed by atoms with Crippen LogP contribution in [0.5, 0.6) is 0 Å². The quantitative estimate of drug-likeness (QED) is 0.851. The van der Waals surface area contributed by atoms with Crippen molar-refractivity contribution in [1.29, 1.82) is 0 Å². The standard InChI is InChI=1S/C16H21N3O3/c1-10-7-13(17-22-10)14-3-2-6-18(14)16(21)11-8-15(20)19(9-11)12-4-5-12/h7,11-12,14H,2-6,8-9H2,1H3/t11-,14-/m1/s1. The molecule has 1 aromatic heterocycles. The first kappa shape index (κ1) is 13.8. The van der Waals surface area contributed by atoms with Crippen LogP contribution in [0.25, 0.3) is 0 Å². The lowest BCUT2D eigenvalue weighted by atomic mass is 10.1. The Labute approximate surface area is 129 Å². The predicted octanol–water partition coefficient (Wildman–Crippen LogP) is 1.66. The van der Waals surface area contributed by atoms with Crippen molar-refractivity contribution in [1.82, 2.24) is 15.0 Å². The molecular weight excluding hydrogens is 282 g/mol. The summed E-state index contributed by atoms with van der Waals surface area (Å²) in [6.45, 7) is 3.22. The Bertz CT molecular complexity index is 608. The van der Waals surface area contributed by atoms with Crippen molar-refractivity contribution in [2.45, 2.75) is 51.1 Å². The van der Waals surface area contributed by atoms with E-state index in [4.69, 9.17) is 4.52 Å². The van der Waals surface area contributed by atoms with Gasteiger partial charge in [-0.05, 0) is 32.6 Å². The van der Waals surface area contributed by atoms with Crippen LogP contribution in [0, 0.1) is 12.8 Å². The number of aryl methyl sites for hydroxylation is 1. The van der Waals surface area contributed by atoms with Gasteiger partial charge < -0.3 is 14.3 Å².